The lowest BCUT2D eigenvalue weighted by atomic mass is 9.99. The highest BCUT2D eigenvalue weighted by atomic mass is 32.1. The Labute approximate surface area is 197 Å². The van der Waals surface area contributed by atoms with Crippen LogP contribution in [0.2, 0.25) is 0 Å². The lowest BCUT2D eigenvalue weighted by Crippen LogP contribution is -2.38. The minimum absolute atomic E-state index is 0.00188. The molecule has 0 saturated carbocycles. The van der Waals surface area contributed by atoms with E-state index in [1.54, 1.807) is 7.11 Å². The van der Waals surface area contributed by atoms with Crippen LogP contribution in [0.3, 0.4) is 0 Å². The van der Waals surface area contributed by atoms with Gasteiger partial charge in [0.2, 0.25) is 0 Å². The van der Waals surface area contributed by atoms with Crippen molar-refractivity contribution in [2.24, 2.45) is 11.8 Å². The lowest BCUT2D eigenvalue weighted by Gasteiger charge is -2.34. The molecule has 3 atom stereocenters. The maximum absolute atomic E-state index is 13.4. The Bertz CT molecular complexity index is 1230. The SMILES string of the molecule is COc1ccsc1C(=O)N1CCCC[C@H]1c1cc2nc(N3C[C@@H](C#N)[C@@H](C)C3)c(C)cn2n1. The molecule has 3 aromatic heterocycles. The maximum Gasteiger partial charge on any atom is 0.268 e. The van der Waals surface area contributed by atoms with Crippen molar-refractivity contribution in [3.05, 3.63) is 39.8 Å². The first kappa shape index (κ1) is 21.7. The summed E-state index contributed by atoms with van der Waals surface area (Å²) in [6.07, 6.45) is 4.92. The summed E-state index contributed by atoms with van der Waals surface area (Å²) in [6.45, 7) is 6.40. The van der Waals surface area contributed by atoms with Crippen LogP contribution in [0.15, 0.2) is 23.7 Å². The molecule has 3 aromatic rings. The average molecular weight is 465 g/mol. The number of anilines is 1. The van der Waals surface area contributed by atoms with Crippen LogP contribution in [-0.4, -0.2) is 52.1 Å². The summed E-state index contributed by atoms with van der Waals surface area (Å²) in [6, 6.07) is 6.18. The molecule has 33 heavy (non-hydrogen) atoms. The number of rotatable bonds is 4. The predicted molar refractivity (Wildman–Crippen MR) is 127 cm³/mol. The fraction of sp³-hybridized carbons (Fsp3) is 0.500. The maximum atomic E-state index is 13.4. The van der Waals surface area contributed by atoms with Crippen LogP contribution in [0.25, 0.3) is 5.65 Å². The van der Waals surface area contributed by atoms with Gasteiger partial charge in [-0.25, -0.2) is 9.50 Å². The van der Waals surface area contributed by atoms with E-state index in [4.69, 9.17) is 14.8 Å². The van der Waals surface area contributed by atoms with Crippen molar-refractivity contribution in [3.63, 3.8) is 0 Å². The number of aromatic nitrogens is 3. The second kappa shape index (κ2) is 8.67. The van der Waals surface area contributed by atoms with E-state index in [1.165, 1.54) is 11.3 Å². The zero-order valence-corrected chi connectivity index (χ0v) is 20.0. The molecule has 1 amide bonds. The minimum atomic E-state index is -0.0849. The molecular formula is C24H28N6O2S. The Morgan fingerprint density at radius 3 is 2.94 bits per heavy atom. The van der Waals surface area contributed by atoms with E-state index in [-0.39, 0.29) is 17.9 Å². The third kappa shape index (κ3) is 3.82. The van der Waals surface area contributed by atoms with E-state index < -0.39 is 0 Å². The first-order valence-corrected chi connectivity index (χ1v) is 12.3. The van der Waals surface area contributed by atoms with Crippen molar-refractivity contribution in [3.8, 4) is 11.8 Å². The minimum Gasteiger partial charge on any atom is -0.495 e. The van der Waals surface area contributed by atoms with Crippen LogP contribution in [-0.2, 0) is 0 Å². The molecule has 9 heteroatoms. The zero-order chi connectivity index (χ0) is 23.1. The number of ether oxygens (including phenoxy) is 1. The van der Waals surface area contributed by atoms with Gasteiger partial charge in [0.05, 0.1) is 30.8 Å². The van der Waals surface area contributed by atoms with Gasteiger partial charge >= 0.3 is 0 Å². The molecule has 0 spiro atoms. The third-order valence-corrected chi connectivity index (χ3v) is 7.73. The number of carbonyl (C=O) groups is 1. The average Bonchev–Trinajstić information content (AvgIpc) is 3.55. The van der Waals surface area contributed by atoms with Crippen molar-refractivity contribution in [2.45, 2.75) is 39.2 Å². The molecule has 8 nitrogen and oxygen atoms in total. The summed E-state index contributed by atoms with van der Waals surface area (Å²) in [7, 11) is 1.60. The van der Waals surface area contributed by atoms with Gasteiger partial charge in [-0.3, -0.25) is 4.79 Å². The molecular weight excluding hydrogens is 436 g/mol. The second-order valence-electron chi connectivity index (χ2n) is 9.07. The normalized spacial score (nSPS) is 23.2. The number of fused-ring (bicyclic) bond motifs is 1. The Morgan fingerprint density at radius 2 is 2.18 bits per heavy atom. The van der Waals surface area contributed by atoms with Gasteiger partial charge in [-0.15, -0.1) is 11.3 Å². The Balaban J connectivity index is 1.46. The number of likely N-dealkylation sites (tertiary alicyclic amines) is 1. The van der Waals surface area contributed by atoms with Crippen molar-refractivity contribution in [1.82, 2.24) is 19.5 Å². The number of methoxy groups -OCH3 is 1. The number of hydrogen-bond donors (Lipinski definition) is 0. The van der Waals surface area contributed by atoms with Crippen LogP contribution in [0.5, 0.6) is 5.75 Å². The van der Waals surface area contributed by atoms with Crippen molar-refractivity contribution in [2.75, 3.05) is 31.6 Å². The van der Waals surface area contributed by atoms with Crippen molar-refractivity contribution >= 4 is 28.7 Å². The third-order valence-electron chi connectivity index (χ3n) is 6.85. The van der Waals surface area contributed by atoms with Crippen LogP contribution in [0, 0.1) is 30.1 Å². The van der Waals surface area contributed by atoms with Crippen LogP contribution in [0.1, 0.15) is 53.2 Å². The molecule has 0 radical (unpaired) electrons. The van der Waals surface area contributed by atoms with Gasteiger partial charge in [-0.1, -0.05) is 6.92 Å². The summed E-state index contributed by atoms with van der Waals surface area (Å²) in [4.78, 5) is 23.1. The van der Waals surface area contributed by atoms with Crippen molar-refractivity contribution < 1.29 is 9.53 Å². The van der Waals surface area contributed by atoms with Gasteiger partial charge in [-0.2, -0.15) is 10.4 Å². The van der Waals surface area contributed by atoms with E-state index in [2.05, 4.69) is 17.9 Å². The molecule has 2 saturated heterocycles. The van der Waals surface area contributed by atoms with Gasteiger partial charge in [0.1, 0.15) is 16.4 Å². The first-order chi connectivity index (χ1) is 16.0. The molecule has 2 aliphatic heterocycles. The summed E-state index contributed by atoms with van der Waals surface area (Å²) < 4.78 is 7.21. The Hall–Kier alpha value is -3.12. The summed E-state index contributed by atoms with van der Waals surface area (Å²) >= 11 is 1.42. The largest absolute Gasteiger partial charge is 0.495 e. The monoisotopic (exact) mass is 464 g/mol. The van der Waals surface area contributed by atoms with Gasteiger partial charge in [0.15, 0.2) is 5.65 Å². The van der Waals surface area contributed by atoms with Crippen molar-refractivity contribution in [1.29, 1.82) is 5.26 Å². The Morgan fingerprint density at radius 1 is 1.33 bits per heavy atom. The molecule has 0 N–H and O–H groups in total. The van der Waals surface area contributed by atoms with E-state index in [1.807, 2.05) is 40.0 Å². The topological polar surface area (TPSA) is 86.8 Å². The fourth-order valence-corrected chi connectivity index (χ4v) is 5.85. The number of nitrogens with zero attached hydrogens (tertiary/aromatic N) is 6. The fourth-order valence-electron chi connectivity index (χ4n) is 5.04. The van der Waals surface area contributed by atoms with E-state index in [9.17, 15) is 10.1 Å². The number of hydrogen-bond acceptors (Lipinski definition) is 7. The second-order valence-corrected chi connectivity index (χ2v) is 9.98. The molecule has 0 aromatic carbocycles. The number of nitriles is 1. The van der Waals surface area contributed by atoms with Gasteiger partial charge in [0, 0.05) is 37.5 Å². The molecule has 5 heterocycles. The van der Waals surface area contributed by atoms with Gasteiger partial charge in [0.25, 0.3) is 5.91 Å². The highest BCUT2D eigenvalue weighted by Crippen LogP contribution is 2.36. The first-order valence-electron chi connectivity index (χ1n) is 11.4. The summed E-state index contributed by atoms with van der Waals surface area (Å²) in [5.41, 5.74) is 2.67. The van der Waals surface area contributed by atoms with Gasteiger partial charge < -0.3 is 14.5 Å². The highest BCUT2D eigenvalue weighted by molar-refractivity contribution is 7.12. The number of carbonyl (C=O) groups excluding carboxylic acids is 1. The summed E-state index contributed by atoms with van der Waals surface area (Å²) in [5, 5.41) is 16.1. The molecule has 0 aliphatic carbocycles. The Kier molecular flexibility index (Phi) is 5.71. The predicted octanol–water partition coefficient (Wildman–Crippen LogP) is 4.07. The van der Waals surface area contributed by atoms with Gasteiger partial charge in [-0.05, 0) is 43.6 Å². The van der Waals surface area contributed by atoms with E-state index in [0.717, 1.165) is 48.5 Å². The van der Waals surface area contributed by atoms with Crippen LogP contribution >= 0.6 is 11.3 Å². The standard InChI is InChI=1S/C24H28N6O2S/c1-15-12-28(14-17(15)11-25)23-16(2)13-30-21(26-23)10-18(27-30)19-6-4-5-8-29(19)24(31)22-20(32-3)7-9-33-22/h7,9-10,13,15,17,19H,4-6,8,12,14H2,1-3H3/t15-,17+,19-/m0/s1. The molecule has 2 aliphatic rings. The smallest absolute Gasteiger partial charge is 0.268 e. The number of amides is 1. The summed E-state index contributed by atoms with van der Waals surface area (Å²) in [5.74, 6) is 1.89. The zero-order valence-electron chi connectivity index (χ0n) is 19.2. The van der Waals surface area contributed by atoms with E-state index in [0.29, 0.717) is 29.6 Å². The highest BCUT2D eigenvalue weighted by Gasteiger charge is 2.34. The van der Waals surface area contributed by atoms with Crippen LogP contribution < -0.4 is 9.64 Å². The molecule has 172 valence electrons. The molecule has 5 rings (SSSR count). The molecule has 0 bridgehead atoms. The number of thiophene rings is 1. The quantitative estimate of drug-likeness (QED) is 0.578. The van der Waals surface area contributed by atoms with E-state index >= 15 is 0 Å². The lowest BCUT2D eigenvalue weighted by molar-refractivity contribution is 0.0608. The molecule has 0 unspecified atom stereocenters. The number of piperidine rings is 1. The number of aryl methyl sites for hydroxylation is 1. The molecule has 2 fully saturated rings. The van der Waals surface area contributed by atoms with Crippen LogP contribution in [0.4, 0.5) is 5.82 Å².